The summed E-state index contributed by atoms with van der Waals surface area (Å²) in [5.41, 5.74) is 1.59. The third-order valence-corrected chi connectivity index (χ3v) is 2.78. The first kappa shape index (κ1) is 15.6. The number of benzene rings is 1. The number of alkyl carbamates (subject to hydrolysis) is 1. The molecule has 1 N–H and O–H groups in total. The van der Waals surface area contributed by atoms with E-state index >= 15 is 0 Å². The highest BCUT2D eigenvalue weighted by atomic mass is 35.5. The van der Waals surface area contributed by atoms with Crippen molar-refractivity contribution in [2.75, 3.05) is 6.54 Å². The molecule has 4 heteroatoms. The molecule has 1 rings (SSSR count). The van der Waals surface area contributed by atoms with Gasteiger partial charge in [-0.3, -0.25) is 0 Å². The zero-order valence-electron chi connectivity index (χ0n) is 11.8. The molecule has 0 radical (unpaired) electrons. The van der Waals surface area contributed by atoms with Crippen molar-refractivity contribution < 1.29 is 9.53 Å². The van der Waals surface area contributed by atoms with Gasteiger partial charge in [0.25, 0.3) is 0 Å². The molecule has 0 heterocycles. The predicted molar refractivity (Wildman–Crippen MR) is 79.5 cm³/mol. The molecule has 0 aliphatic heterocycles. The van der Waals surface area contributed by atoms with E-state index in [4.69, 9.17) is 16.3 Å². The zero-order chi connectivity index (χ0) is 14.5. The highest BCUT2D eigenvalue weighted by molar-refractivity contribution is 6.31. The van der Waals surface area contributed by atoms with E-state index in [-0.39, 0.29) is 0 Å². The van der Waals surface area contributed by atoms with Gasteiger partial charge in [0.2, 0.25) is 0 Å². The summed E-state index contributed by atoms with van der Waals surface area (Å²) >= 11 is 6.03. The summed E-state index contributed by atoms with van der Waals surface area (Å²) in [4.78, 5) is 11.4. The molecule has 0 atom stereocenters. The number of rotatable bonds is 3. The molecule has 0 spiro atoms. The van der Waals surface area contributed by atoms with Crippen LogP contribution in [0.5, 0.6) is 0 Å². The molecule has 0 aromatic heterocycles. The topological polar surface area (TPSA) is 38.3 Å². The van der Waals surface area contributed by atoms with E-state index in [0.717, 1.165) is 16.1 Å². The molecule has 0 bridgehead atoms. The molecule has 0 unspecified atom stereocenters. The summed E-state index contributed by atoms with van der Waals surface area (Å²) in [7, 11) is 0. The monoisotopic (exact) mass is 281 g/mol. The van der Waals surface area contributed by atoms with Crippen molar-refractivity contribution in [2.45, 2.75) is 33.3 Å². The first-order chi connectivity index (χ1) is 8.79. The lowest BCUT2D eigenvalue weighted by Gasteiger charge is -2.19. The van der Waals surface area contributed by atoms with Crippen molar-refractivity contribution in [1.29, 1.82) is 0 Å². The second-order valence-electron chi connectivity index (χ2n) is 5.24. The number of ether oxygens (including phenoxy) is 1. The van der Waals surface area contributed by atoms with Crippen LogP contribution in [0.1, 0.15) is 31.9 Å². The third-order valence-electron chi connectivity index (χ3n) is 2.37. The zero-order valence-corrected chi connectivity index (χ0v) is 12.5. The molecular weight excluding hydrogens is 262 g/mol. The van der Waals surface area contributed by atoms with E-state index in [9.17, 15) is 4.79 Å². The molecule has 1 aromatic rings. The Balaban J connectivity index is 2.47. The smallest absolute Gasteiger partial charge is 0.407 e. The third kappa shape index (κ3) is 5.79. The molecule has 0 aliphatic rings. The average Bonchev–Trinajstić information content (AvgIpc) is 2.27. The maximum atomic E-state index is 11.4. The molecule has 104 valence electrons. The Morgan fingerprint density at radius 3 is 2.74 bits per heavy atom. The van der Waals surface area contributed by atoms with E-state index in [1.54, 1.807) is 0 Å². The average molecular weight is 282 g/mol. The van der Waals surface area contributed by atoms with Gasteiger partial charge < -0.3 is 10.1 Å². The number of hydrogen-bond acceptors (Lipinski definition) is 2. The van der Waals surface area contributed by atoms with Gasteiger partial charge in [-0.2, -0.15) is 0 Å². The number of carbonyl (C=O) groups excluding carboxylic acids is 1. The SMILES string of the molecule is Cc1c(Cl)cccc1C=CCNC(=O)OC(C)(C)C. The van der Waals surface area contributed by atoms with Crippen molar-refractivity contribution in [3.8, 4) is 0 Å². The Labute approximate surface area is 119 Å². The Morgan fingerprint density at radius 1 is 1.42 bits per heavy atom. The van der Waals surface area contributed by atoms with Gasteiger partial charge in [-0.05, 0) is 44.9 Å². The van der Waals surface area contributed by atoms with Crippen molar-refractivity contribution in [3.05, 3.63) is 40.4 Å². The van der Waals surface area contributed by atoms with E-state index < -0.39 is 11.7 Å². The first-order valence-electron chi connectivity index (χ1n) is 6.18. The van der Waals surface area contributed by atoms with Gasteiger partial charge in [0, 0.05) is 11.6 Å². The number of hydrogen-bond donors (Lipinski definition) is 1. The van der Waals surface area contributed by atoms with Gasteiger partial charge in [0.1, 0.15) is 5.60 Å². The molecule has 3 nitrogen and oxygen atoms in total. The van der Waals surface area contributed by atoms with Gasteiger partial charge in [0.05, 0.1) is 0 Å². The van der Waals surface area contributed by atoms with Gasteiger partial charge in [-0.15, -0.1) is 0 Å². The van der Waals surface area contributed by atoms with Crippen LogP contribution in [0, 0.1) is 6.92 Å². The number of amides is 1. The fourth-order valence-corrected chi connectivity index (χ4v) is 1.63. The van der Waals surface area contributed by atoms with Crippen LogP contribution in [-0.2, 0) is 4.74 Å². The van der Waals surface area contributed by atoms with Crippen LogP contribution in [0.3, 0.4) is 0 Å². The second-order valence-corrected chi connectivity index (χ2v) is 5.65. The lowest BCUT2D eigenvalue weighted by atomic mass is 10.1. The van der Waals surface area contributed by atoms with Crippen LogP contribution in [0.15, 0.2) is 24.3 Å². The number of carbonyl (C=O) groups is 1. The highest BCUT2D eigenvalue weighted by Crippen LogP contribution is 2.19. The molecule has 0 fully saturated rings. The van der Waals surface area contributed by atoms with Crippen molar-refractivity contribution >= 4 is 23.8 Å². The van der Waals surface area contributed by atoms with Crippen LogP contribution >= 0.6 is 11.6 Å². The Morgan fingerprint density at radius 2 is 2.11 bits per heavy atom. The van der Waals surface area contributed by atoms with Crippen molar-refractivity contribution in [3.63, 3.8) is 0 Å². The fraction of sp³-hybridized carbons (Fsp3) is 0.400. The summed E-state index contributed by atoms with van der Waals surface area (Å²) < 4.78 is 5.13. The maximum absolute atomic E-state index is 11.4. The van der Waals surface area contributed by atoms with Gasteiger partial charge >= 0.3 is 6.09 Å². The van der Waals surface area contributed by atoms with E-state index in [1.165, 1.54) is 0 Å². The van der Waals surface area contributed by atoms with Gasteiger partial charge in [0.15, 0.2) is 0 Å². The quantitative estimate of drug-likeness (QED) is 0.902. The Bertz CT molecular complexity index is 476. The molecule has 0 aliphatic carbocycles. The summed E-state index contributed by atoms with van der Waals surface area (Å²) in [6, 6.07) is 5.73. The Kier molecular flexibility index (Phi) is 5.43. The van der Waals surface area contributed by atoms with E-state index in [0.29, 0.717) is 6.54 Å². The molecular formula is C15H20ClNO2. The van der Waals surface area contributed by atoms with Crippen LogP contribution < -0.4 is 5.32 Å². The standard InChI is InChI=1S/C15H20ClNO2/c1-11-12(7-5-9-13(11)16)8-6-10-17-14(18)19-15(2,3)4/h5-9H,10H2,1-4H3,(H,17,18). The molecule has 0 saturated heterocycles. The predicted octanol–water partition coefficient (Wildman–Crippen LogP) is 4.19. The second kappa shape index (κ2) is 6.62. The first-order valence-corrected chi connectivity index (χ1v) is 6.56. The fourth-order valence-electron chi connectivity index (χ4n) is 1.45. The highest BCUT2D eigenvalue weighted by Gasteiger charge is 2.14. The minimum Gasteiger partial charge on any atom is -0.444 e. The minimum absolute atomic E-state index is 0.417. The lowest BCUT2D eigenvalue weighted by Crippen LogP contribution is -2.32. The van der Waals surface area contributed by atoms with Gasteiger partial charge in [-0.1, -0.05) is 35.9 Å². The summed E-state index contributed by atoms with van der Waals surface area (Å²) in [6.07, 6.45) is 3.38. The summed E-state index contributed by atoms with van der Waals surface area (Å²) in [5.74, 6) is 0. The van der Waals surface area contributed by atoms with E-state index in [2.05, 4.69) is 5.32 Å². The molecule has 1 amide bonds. The Hall–Kier alpha value is -1.48. The van der Waals surface area contributed by atoms with Crippen LogP contribution in [0.25, 0.3) is 6.08 Å². The number of nitrogens with one attached hydrogen (secondary N) is 1. The summed E-state index contributed by atoms with van der Waals surface area (Å²) in [5, 5.41) is 3.40. The van der Waals surface area contributed by atoms with Crippen LogP contribution in [-0.4, -0.2) is 18.2 Å². The number of halogens is 1. The van der Waals surface area contributed by atoms with Gasteiger partial charge in [-0.25, -0.2) is 4.79 Å². The van der Waals surface area contributed by atoms with Crippen molar-refractivity contribution in [1.82, 2.24) is 5.32 Å². The molecule has 19 heavy (non-hydrogen) atoms. The maximum Gasteiger partial charge on any atom is 0.407 e. The normalized spacial score (nSPS) is 11.6. The summed E-state index contributed by atoms with van der Waals surface area (Å²) in [6.45, 7) is 7.87. The molecule has 0 saturated carbocycles. The van der Waals surface area contributed by atoms with Crippen LogP contribution in [0.4, 0.5) is 4.79 Å². The van der Waals surface area contributed by atoms with Crippen LogP contribution in [0.2, 0.25) is 5.02 Å². The van der Waals surface area contributed by atoms with E-state index in [1.807, 2.05) is 58.0 Å². The lowest BCUT2D eigenvalue weighted by molar-refractivity contribution is 0.0534. The molecule has 1 aromatic carbocycles. The minimum atomic E-state index is -0.475. The van der Waals surface area contributed by atoms with Crippen molar-refractivity contribution in [2.24, 2.45) is 0 Å². The largest absolute Gasteiger partial charge is 0.444 e.